The van der Waals surface area contributed by atoms with Crippen molar-refractivity contribution in [2.45, 2.75) is 69.1 Å². The molecule has 0 aliphatic carbocycles. The van der Waals surface area contributed by atoms with E-state index in [1.165, 1.54) is 14.2 Å². The number of hydrogen-bond acceptors (Lipinski definition) is 9. The number of nitrogens with one attached hydrogen (secondary N) is 4. The van der Waals surface area contributed by atoms with Gasteiger partial charge in [-0.05, 0) is 53.9 Å². The molecule has 4 amide bonds. The second kappa shape index (κ2) is 15.3. The largest absolute Gasteiger partial charge is 0.453 e. The van der Waals surface area contributed by atoms with Crippen LogP contribution in [0.25, 0.3) is 33.6 Å². The van der Waals surface area contributed by atoms with Crippen LogP contribution in [0, 0.1) is 5.92 Å². The highest BCUT2D eigenvalue weighted by molar-refractivity contribution is 8.00. The van der Waals surface area contributed by atoms with Crippen LogP contribution in [0.2, 0.25) is 0 Å². The van der Waals surface area contributed by atoms with Crippen LogP contribution in [0.1, 0.15) is 63.3 Å². The monoisotopic (exact) mass is 740 g/mol. The van der Waals surface area contributed by atoms with E-state index in [0.29, 0.717) is 13.0 Å². The molecule has 5 heterocycles. The highest BCUT2D eigenvalue weighted by Crippen LogP contribution is 2.43. The van der Waals surface area contributed by atoms with Crippen LogP contribution in [-0.2, 0) is 19.1 Å². The quantitative estimate of drug-likeness (QED) is 0.169. The number of likely N-dealkylation sites (tertiary alicyclic amines) is 1. The van der Waals surface area contributed by atoms with Crippen molar-refractivity contribution in [3.8, 4) is 33.6 Å². The fraction of sp³-hybridized carbons (Fsp3) is 0.421. The lowest BCUT2D eigenvalue weighted by atomic mass is 10.0. The molecule has 15 heteroatoms. The van der Waals surface area contributed by atoms with E-state index in [2.05, 4.69) is 67.0 Å². The van der Waals surface area contributed by atoms with E-state index in [1.807, 2.05) is 30.9 Å². The molecular formula is C38H44N8O6S. The molecule has 3 fully saturated rings. The predicted octanol–water partition coefficient (Wildman–Crippen LogP) is 5.64. The second-order valence-corrected chi connectivity index (χ2v) is 15.1. The van der Waals surface area contributed by atoms with Crippen molar-refractivity contribution < 1.29 is 28.7 Å². The van der Waals surface area contributed by atoms with Crippen LogP contribution in [0.4, 0.5) is 9.59 Å². The number of piperidine rings is 1. The van der Waals surface area contributed by atoms with Crippen LogP contribution in [-0.4, -0.2) is 97.7 Å². The minimum Gasteiger partial charge on any atom is -0.453 e. The van der Waals surface area contributed by atoms with Gasteiger partial charge in [-0.1, -0.05) is 62.4 Å². The van der Waals surface area contributed by atoms with E-state index in [0.717, 1.165) is 70.3 Å². The summed E-state index contributed by atoms with van der Waals surface area (Å²) < 4.78 is 9.46. The topological polar surface area (TPSA) is 175 Å². The SMILES string of the molecule is COC(=O)N[C@H]1CC[C@@H]2SC[C@@H](c3ncc(-c4ccc(-c5ccc(-c6cnc([C@@H]7CCCN7C(=O)[C@@H](NC(=O)OC)C(C)C)[nH]6)cc5)cc4)[nH]3)N2C1=O. The molecule has 0 saturated carbocycles. The van der Waals surface area contributed by atoms with Crippen molar-refractivity contribution in [2.75, 3.05) is 26.5 Å². The first-order valence-corrected chi connectivity index (χ1v) is 18.9. The van der Waals surface area contributed by atoms with Crippen molar-refractivity contribution in [1.29, 1.82) is 0 Å². The van der Waals surface area contributed by atoms with Gasteiger partial charge in [0.15, 0.2) is 0 Å². The number of amides is 4. The van der Waals surface area contributed by atoms with Crippen molar-refractivity contribution in [1.82, 2.24) is 40.4 Å². The smallest absolute Gasteiger partial charge is 0.407 e. The zero-order chi connectivity index (χ0) is 37.2. The number of aromatic nitrogens is 4. The van der Waals surface area contributed by atoms with Gasteiger partial charge in [0.25, 0.3) is 0 Å². The summed E-state index contributed by atoms with van der Waals surface area (Å²) in [5, 5.41) is 5.42. The molecule has 4 N–H and O–H groups in total. The summed E-state index contributed by atoms with van der Waals surface area (Å²) in [6, 6.07) is 14.8. The number of carbonyl (C=O) groups excluding carboxylic acids is 4. The summed E-state index contributed by atoms with van der Waals surface area (Å²) in [5.41, 5.74) is 5.79. The molecule has 14 nitrogen and oxygen atoms in total. The number of carbonyl (C=O) groups is 4. The van der Waals surface area contributed by atoms with Crippen molar-refractivity contribution in [3.63, 3.8) is 0 Å². The summed E-state index contributed by atoms with van der Waals surface area (Å²) in [7, 11) is 2.58. The molecule has 7 rings (SSSR count). The molecule has 278 valence electrons. The summed E-state index contributed by atoms with van der Waals surface area (Å²) in [4.78, 5) is 70.4. The van der Waals surface area contributed by atoms with Crippen molar-refractivity contribution in [3.05, 3.63) is 72.6 Å². The summed E-state index contributed by atoms with van der Waals surface area (Å²) >= 11 is 1.74. The molecular weight excluding hydrogens is 697 g/mol. The fourth-order valence-electron chi connectivity index (χ4n) is 7.42. The predicted molar refractivity (Wildman–Crippen MR) is 199 cm³/mol. The van der Waals surface area contributed by atoms with E-state index in [4.69, 9.17) is 9.47 Å². The molecule has 5 atom stereocenters. The first-order chi connectivity index (χ1) is 25.6. The minimum absolute atomic E-state index is 0.0620. The van der Waals surface area contributed by atoms with Crippen LogP contribution in [0.3, 0.4) is 0 Å². The van der Waals surface area contributed by atoms with Gasteiger partial charge in [-0.25, -0.2) is 19.6 Å². The van der Waals surface area contributed by atoms with Crippen LogP contribution < -0.4 is 10.6 Å². The van der Waals surface area contributed by atoms with Gasteiger partial charge in [-0.2, -0.15) is 0 Å². The lowest BCUT2D eigenvalue weighted by Gasteiger charge is -2.36. The lowest BCUT2D eigenvalue weighted by Crippen LogP contribution is -2.54. The molecule has 0 spiro atoms. The highest BCUT2D eigenvalue weighted by Gasteiger charge is 2.46. The minimum atomic E-state index is -0.686. The Bertz CT molecular complexity index is 1960. The van der Waals surface area contributed by atoms with Crippen molar-refractivity contribution in [2.24, 2.45) is 5.92 Å². The van der Waals surface area contributed by atoms with Gasteiger partial charge in [0.2, 0.25) is 11.8 Å². The Labute approximate surface area is 311 Å². The van der Waals surface area contributed by atoms with Gasteiger partial charge in [-0.3, -0.25) is 9.59 Å². The van der Waals surface area contributed by atoms with E-state index >= 15 is 0 Å². The number of nitrogens with zero attached hydrogens (tertiary/aromatic N) is 4. The van der Waals surface area contributed by atoms with E-state index < -0.39 is 24.3 Å². The van der Waals surface area contributed by atoms with Gasteiger partial charge in [0, 0.05) is 12.3 Å². The van der Waals surface area contributed by atoms with Gasteiger partial charge >= 0.3 is 12.2 Å². The Balaban J connectivity index is 1.00. The number of thioether (sulfide) groups is 1. The zero-order valence-electron chi connectivity index (χ0n) is 30.1. The first kappa shape index (κ1) is 36.1. The average Bonchev–Trinajstić information content (AvgIpc) is 4.01. The standard InChI is InChI=1S/C38H44N8O6S/c1-21(2)32(44-38(50)52-4)36(48)45-17-5-6-29(45)33-39-18-27(41-33)24-11-7-22(8-12-24)23-9-13-25(14-10-23)28-19-40-34(42-28)30-20-53-31-16-15-26(35(47)46(30)31)43-37(49)51-3/h7-14,18-19,21,26,29-32H,5-6,15-17,20H2,1-4H3,(H,39,41)(H,40,42)(H,43,49)(H,44,50)/t26-,29-,30-,31-,32-/m0/s1. The van der Waals surface area contributed by atoms with E-state index in [-0.39, 0.29) is 35.2 Å². The third-order valence-corrected chi connectivity index (χ3v) is 11.7. The summed E-state index contributed by atoms with van der Waals surface area (Å²) in [6.45, 7) is 4.39. The normalized spacial score (nSPS) is 21.7. The molecule has 53 heavy (non-hydrogen) atoms. The number of alkyl carbamates (subject to hydrolysis) is 2. The number of methoxy groups -OCH3 is 2. The molecule has 2 aromatic heterocycles. The maximum absolute atomic E-state index is 13.5. The maximum Gasteiger partial charge on any atom is 0.407 e. The number of benzene rings is 2. The Morgan fingerprint density at radius 2 is 1.38 bits per heavy atom. The third-order valence-electron chi connectivity index (χ3n) is 10.3. The third kappa shape index (κ3) is 7.34. The fourth-order valence-corrected chi connectivity index (χ4v) is 8.86. The molecule has 3 aliphatic rings. The van der Waals surface area contributed by atoms with Crippen LogP contribution in [0.5, 0.6) is 0 Å². The number of ether oxygens (including phenoxy) is 2. The molecule has 0 radical (unpaired) electrons. The molecule has 3 saturated heterocycles. The Morgan fingerprint density at radius 1 is 0.811 bits per heavy atom. The average molecular weight is 741 g/mol. The summed E-state index contributed by atoms with van der Waals surface area (Å²) in [5.74, 6) is 1.83. The molecule has 2 aromatic carbocycles. The zero-order valence-corrected chi connectivity index (χ0v) is 30.9. The van der Waals surface area contributed by atoms with E-state index in [9.17, 15) is 19.2 Å². The van der Waals surface area contributed by atoms with Crippen molar-refractivity contribution >= 4 is 35.8 Å². The number of hydrogen-bond donors (Lipinski definition) is 4. The molecule has 0 unspecified atom stereocenters. The number of rotatable bonds is 9. The van der Waals surface area contributed by atoms with E-state index in [1.54, 1.807) is 29.1 Å². The van der Waals surface area contributed by atoms with Gasteiger partial charge in [-0.15, -0.1) is 11.8 Å². The Hall–Kier alpha value is -5.31. The first-order valence-electron chi connectivity index (χ1n) is 17.9. The van der Waals surface area contributed by atoms with Crippen LogP contribution in [0.15, 0.2) is 60.9 Å². The number of aromatic amines is 2. The number of imidazole rings is 2. The van der Waals surface area contributed by atoms with Gasteiger partial charge in [0.1, 0.15) is 23.7 Å². The molecule has 3 aliphatic heterocycles. The number of H-pyrrole nitrogens is 2. The second-order valence-electron chi connectivity index (χ2n) is 13.9. The number of fused-ring (bicyclic) bond motifs is 1. The maximum atomic E-state index is 13.5. The Morgan fingerprint density at radius 3 is 1.94 bits per heavy atom. The van der Waals surface area contributed by atoms with Crippen LogP contribution >= 0.6 is 11.8 Å². The highest BCUT2D eigenvalue weighted by atomic mass is 32.2. The molecule has 0 bridgehead atoms. The molecule has 4 aromatic rings. The lowest BCUT2D eigenvalue weighted by molar-refractivity contribution is -0.138. The Kier molecular flexibility index (Phi) is 10.4. The van der Waals surface area contributed by atoms with Gasteiger partial charge in [0.05, 0.1) is 55.5 Å². The van der Waals surface area contributed by atoms with Gasteiger partial charge < -0.3 is 39.9 Å². The summed E-state index contributed by atoms with van der Waals surface area (Å²) in [6.07, 6.45) is 5.38.